The molecule has 0 aromatic rings. The first-order valence-electron chi connectivity index (χ1n) is 9.70. The van der Waals surface area contributed by atoms with E-state index in [-0.39, 0.29) is 29.9 Å². The summed E-state index contributed by atoms with van der Waals surface area (Å²) in [6.07, 6.45) is -0.691. The van der Waals surface area contributed by atoms with E-state index in [9.17, 15) is 8.42 Å². The van der Waals surface area contributed by atoms with Gasteiger partial charge >= 0.3 is 0 Å². The quantitative estimate of drug-likeness (QED) is 0.453. The van der Waals surface area contributed by atoms with Gasteiger partial charge in [0.1, 0.15) is 24.4 Å². The molecule has 1 N–H and O–H groups in total. The van der Waals surface area contributed by atoms with Crippen LogP contribution >= 0.6 is 0 Å². The van der Waals surface area contributed by atoms with E-state index in [4.69, 9.17) is 22.8 Å². The van der Waals surface area contributed by atoms with Gasteiger partial charge in [-0.1, -0.05) is 20.8 Å². The SMILES string of the molecule is CO[C@H]([C@H]1NC[C@@H]2OC(C)(C)O[C@H]12)[C@@H](CO[Si](C)(C)C(C)(C)C)OS(C)(=O)=O. The smallest absolute Gasteiger partial charge is 0.264 e. The van der Waals surface area contributed by atoms with Crippen LogP contribution in [0, 0.1) is 0 Å². The van der Waals surface area contributed by atoms with Crippen molar-refractivity contribution in [2.45, 2.75) is 89.0 Å². The van der Waals surface area contributed by atoms with Crippen molar-refractivity contribution >= 4 is 18.4 Å². The number of fused-ring (bicyclic) bond motifs is 1. The molecule has 0 aromatic carbocycles. The molecule has 0 unspecified atom stereocenters. The highest BCUT2D eigenvalue weighted by Crippen LogP contribution is 2.38. The molecule has 28 heavy (non-hydrogen) atoms. The predicted octanol–water partition coefficient (Wildman–Crippen LogP) is 1.86. The zero-order chi connectivity index (χ0) is 21.5. The molecule has 0 aliphatic carbocycles. The lowest BCUT2D eigenvalue weighted by Crippen LogP contribution is -2.54. The molecule has 0 bridgehead atoms. The highest BCUT2D eigenvalue weighted by molar-refractivity contribution is 7.86. The topological polar surface area (TPSA) is 92.3 Å². The van der Waals surface area contributed by atoms with Crippen molar-refractivity contribution in [2.75, 3.05) is 26.5 Å². The van der Waals surface area contributed by atoms with E-state index in [0.29, 0.717) is 6.54 Å². The highest BCUT2D eigenvalue weighted by Gasteiger charge is 2.53. The van der Waals surface area contributed by atoms with Crippen LogP contribution in [0.4, 0.5) is 0 Å². The Morgan fingerprint density at radius 2 is 1.86 bits per heavy atom. The van der Waals surface area contributed by atoms with Crippen molar-refractivity contribution in [3.8, 4) is 0 Å². The first-order chi connectivity index (χ1) is 12.6. The van der Waals surface area contributed by atoms with Gasteiger partial charge in [-0.15, -0.1) is 0 Å². The second-order valence-electron chi connectivity index (χ2n) is 9.68. The summed E-state index contributed by atoms with van der Waals surface area (Å²) in [5.41, 5.74) is 0. The summed E-state index contributed by atoms with van der Waals surface area (Å²) in [5.74, 6) is -0.682. The molecule has 10 heteroatoms. The number of hydrogen-bond acceptors (Lipinski definition) is 8. The monoisotopic (exact) mass is 439 g/mol. The molecular formula is C18H37NO7SSi. The summed E-state index contributed by atoms with van der Waals surface area (Å²) in [4.78, 5) is 0. The Labute approximate surface area is 170 Å². The molecule has 2 aliphatic heterocycles. The zero-order valence-corrected chi connectivity index (χ0v) is 20.4. The van der Waals surface area contributed by atoms with Crippen LogP contribution in [0.25, 0.3) is 0 Å². The van der Waals surface area contributed by atoms with Crippen LogP contribution in [-0.4, -0.2) is 79.5 Å². The Kier molecular flexibility index (Phi) is 7.10. The van der Waals surface area contributed by atoms with Crippen LogP contribution in [0.5, 0.6) is 0 Å². The van der Waals surface area contributed by atoms with Crippen molar-refractivity contribution in [1.29, 1.82) is 0 Å². The summed E-state index contributed by atoms with van der Waals surface area (Å²) in [7, 11) is -4.25. The van der Waals surface area contributed by atoms with Gasteiger partial charge in [-0.3, -0.25) is 4.18 Å². The fraction of sp³-hybridized carbons (Fsp3) is 1.00. The second kappa shape index (κ2) is 8.22. The Hall–Kier alpha value is -0.0731. The Morgan fingerprint density at radius 3 is 2.36 bits per heavy atom. The largest absolute Gasteiger partial charge is 0.414 e. The first kappa shape index (κ1) is 24.2. The van der Waals surface area contributed by atoms with E-state index in [1.54, 1.807) is 7.11 Å². The second-order valence-corrected chi connectivity index (χ2v) is 16.1. The van der Waals surface area contributed by atoms with Gasteiger partial charge < -0.3 is 24.0 Å². The Morgan fingerprint density at radius 1 is 1.25 bits per heavy atom. The van der Waals surface area contributed by atoms with Crippen molar-refractivity contribution in [3.05, 3.63) is 0 Å². The molecule has 0 saturated carbocycles. The van der Waals surface area contributed by atoms with Gasteiger partial charge in [0.15, 0.2) is 14.1 Å². The van der Waals surface area contributed by atoms with Gasteiger partial charge in [0.05, 0.1) is 18.9 Å². The normalized spacial score (nSPS) is 30.2. The molecule has 2 rings (SSSR count). The fourth-order valence-corrected chi connectivity index (χ4v) is 5.06. The number of ether oxygens (including phenoxy) is 3. The van der Waals surface area contributed by atoms with Crippen LogP contribution in [0.2, 0.25) is 18.1 Å². The molecule has 0 spiro atoms. The molecule has 0 amide bonds. The lowest BCUT2D eigenvalue weighted by Gasteiger charge is -2.39. The van der Waals surface area contributed by atoms with Crippen LogP contribution in [0.1, 0.15) is 34.6 Å². The molecule has 2 fully saturated rings. The van der Waals surface area contributed by atoms with Crippen LogP contribution in [0.15, 0.2) is 0 Å². The minimum absolute atomic E-state index is 0.00562. The van der Waals surface area contributed by atoms with Gasteiger partial charge in [-0.05, 0) is 32.0 Å². The van der Waals surface area contributed by atoms with Crippen LogP contribution in [0.3, 0.4) is 0 Å². The van der Waals surface area contributed by atoms with Gasteiger partial charge in [0, 0.05) is 13.7 Å². The third kappa shape index (κ3) is 5.75. The molecule has 8 nitrogen and oxygen atoms in total. The summed E-state index contributed by atoms with van der Waals surface area (Å²) in [6.45, 7) is 15.1. The molecular weight excluding hydrogens is 402 g/mol. The molecule has 166 valence electrons. The van der Waals surface area contributed by atoms with Gasteiger partial charge in [0.25, 0.3) is 10.1 Å². The van der Waals surface area contributed by atoms with Crippen molar-refractivity contribution in [3.63, 3.8) is 0 Å². The van der Waals surface area contributed by atoms with Crippen molar-refractivity contribution in [2.24, 2.45) is 0 Å². The summed E-state index contributed by atoms with van der Waals surface area (Å²) >= 11 is 0. The van der Waals surface area contributed by atoms with Gasteiger partial charge in [0.2, 0.25) is 0 Å². The molecule has 0 radical (unpaired) electrons. The summed E-state index contributed by atoms with van der Waals surface area (Å²) < 4.78 is 53.2. The molecule has 5 atom stereocenters. The van der Waals surface area contributed by atoms with Gasteiger partial charge in [-0.25, -0.2) is 0 Å². The van der Waals surface area contributed by atoms with Crippen LogP contribution < -0.4 is 5.32 Å². The predicted molar refractivity (Wildman–Crippen MR) is 109 cm³/mol. The summed E-state index contributed by atoms with van der Waals surface area (Å²) in [5, 5.41) is 3.34. The molecule has 0 aromatic heterocycles. The lowest BCUT2D eigenvalue weighted by atomic mass is 10.0. The number of rotatable bonds is 8. The maximum atomic E-state index is 11.9. The first-order valence-corrected chi connectivity index (χ1v) is 14.4. The maximum Gasteiger partial charge on any atom is 0.264 e. The number of methoxy groups -OCH3 is 1. The molecule has 2 heterocycles. The van der Waals surface area contributed by atoms with E-state index >= 15 is 0 Å². The van der Waals surface area contributed by atoms with Gasteiger partial charge in [-0.2, -0.15) is 8.42 Å². The highest BCUT2D eigenvalue weighted by atomic mass is 32.2. The van der Waals surface area contributed by atoms with Crippen LogP contribution in [-0.2, 0) is 32.9 Å². The fourth-order valence-electron chi connectivity index (χ4n) is 3.44. The summed E-state index contributed by atoms with van der Waals surface area (Å²) in [6, 6.07) is -0.272. The van der Waals surface area contributed by atoms with E-state index in [1.807, 2.05) is 13.8 Å². The Bertz CT molecular complexity index is 647. The minimum Gasteiger partial charge on any atom is -0.414 e. The van der Waals surface area contributed by atoms with E-state index < -0.39 is 36.4 Å². The molecule has 2 aliphatic rings. The van der Waals surface area contributed by atoms with E-state index in [2.05, 4.69) is 39.2 Å². The Balaban J connectivity index is 2.21. The average molecular weight is 440 g/mol. The maximum absolute atomic E-state index is 11.9. The number of hydrogen-bond donors (Lipinski definition) is 1. The third-order valence-electron chi connectivity index (χ3n) is 5.84. The lowest BCUT2D eigenvalue weighted by molar-refractivity contribution is -0.160. The average Bonchev–Trinajstić information content (AvgIpc) is 2.99. The third-order valence-corrected chi connectivity index (χ3v) is 10.9. The van der Waals surface area contributed by atoms with Crippen molar-refractivity contribution < 1.29 is 31.2 Å². The van der Waals surface area contributed by atoms with E-state index in [0.717, 1.165) is 6.26 Å². The zero-order valence-electron chi connectivity index (χ0n) is 18.6. The molecule has 2 saturated heterocycles. The standard InChI is InChI=1S/C18H37NO7SSi/c1-17(2,3)28(8,9)23-11-13(26-27(7,20)21)15(22-6)14-16-12(10-19-14)24-18(4,5)25-16/h12-16,19H,10-11H2,1-9H3/t12-,13+,14+,15-,16-/m0/s1. The number of nitrogens with one attached hydrogen (secondary N) is 1. The van der Waals surface area contributed by atoms with Crippen molar-refractivity contribution in [1.82, 2.24) is 5.32 Å². The van der Waals surface area contributed by atoms with E-state index in [1.165, 1.54) is 0 Å². The minimum atomic E-state index is -3.70.